The molecular formula is C35H36N4O4. The molecule has 0 saturated heterocycles. The van der Waals surface area contributed by atoms with Crippen molar-refractivity contribution in [3.63, 3.8) is 0 Å². The van der Waals surface area contributed by atoms with Gasteiger partial charge in [-0.3, -0.25) is 4.79 Å². The lowest BCUT2D eigenvalue weighted by atomic mass is 10.0. The molecule has 0 fully saturated rings. The summed E-state index contributed by atoms with van der Waals surface area (Å²) in [5, 5.41) is 2.94. The Morgan fingerprint density at radius 1 is 0.837 bits per heavy atom. The van der Waals surface area contributed by atoms with Crippen molar-refractivity contribution in [1.82, 2.24) is 14.5 Å². The third-order valence-electron chi connectivity index (χ3n) is 6.70. The molecule has 0 spiro atoms. The van der Waals surface area contributed by atoms with E-state index in [2.05, 4.69) is 16.8 Å². The molecule has 2 aromatic heterocycles. The third kappa shape index (κ3) is 7.65. The molecule has 0 unspecified atom stereocenters. The number of para-hydroxylation sites is 1. The van der Waals surface area contributed by atoms with Crippen molar-refractivity contribution in [3.8, 4) is 16.9 Å². The molecule has 0 aliphatic heterocycles. The number of aromatic nitrogens is 3. The minimum absolute atomic E-state index is 0.121. The van der Waals surface area contributed by atoms with E-state index in [1.807, 2.05) is 78.9 Å². The predicted molar refractivity (Wildman–Crippen MR) is 168 cm³/mol. The van der Waals surface area contributed by atoms with Crippen LogP contribution < -0.4 is 10.1 Å². The molecule has 5 rings (SSSR count). The zero-order valence-electron chi connectivity index (χ0n) is 25.0. The van der Waals surface area contributed by atoms with Crippen LogP contribution in [0.25, 0.3) is 22.3 Å². The average Bonchev–Trinajstić information content (AvgIpc) is 3.29. The number of pyridine rings is 1. The summed E-state index contributed by atoms with van der Waals surface area (Å²) in [6, 6.07) is 28.8. The molecule has 0 bridgehead atoms. The van der Waals surface area contributed by atoms with Gasteiger partial charge in [-0.2, -0.15) is 0 Å². The van der Waals surface area contributed by atoms with Gasteiger partial charge in [0, 0.05) is 12.0 Å². The largest absolute Gasteiger partial charge is 0.514 e. The van der Waals surface area contributed by atoms with Crippen LogP contribution in [0.2, 0.25) is 0 Å². The second kappa shape index (κ2) is 12.9. The number of ether oxygens (including phenoxy) is 2. The Labute approximate surface area is 251 Å². The number of aryl methyl sites for hydroxylation is 1. The van der Waals surface area contributed by atoms with E-state index in [0.717, 1.165) is 52.1 Å². The predicted octanol–water partition coefficient (Wildman–Crippen LogP) is 7.59. The molecule has 220 valence electrons. The summed E-state index contributed by atoms with van der Waals surface area (Å²) in [5.74, 6) is 1.75. The van der Waals surface area contributed by atoms with Crippen LogP contribution in [0.3, 0.4) is 0 Å². The molecule has 0 aliphatic rings. The fraction of sp³-hybridized carbons (Fsp3) is 0.257. The Hall–Kier alpha value is -4.98. The number of imidazole rings is 1. The molecule has 5 aromatic rings. The van der Waals surface area contributed by atoms with Gasteiger partial charge in [0.05, 0.1) is 13.0 Å². The van der Waals surface area contributed by atoms with E-state index in [1.165, 1.54) is 0 Å². The number of rotatable bonds is 9. The fourth-order valence-corrected chi connectivity index (χ4v) is 4.79. The van der Waals surface area contributed by atoms with Crippen LogP contribution in [0, 0.1) is 0 Å². The molecule has 0 aliphatic carbocycles. The summed E-state index contributed by atoms with van der Waals surface area (Å²) in [4.78, 5) is 34.6. The zero-order valence-corrected chi connectivity index (χ0v) is 25.0. The van der Waals surface area contributed by atoms with Gasteiger partial charge >= 0.3 is 6.16 Å². The van der Waals surface area contributed by atoms with Gasteiger partial charge in [0.25, 0.3) is 0 Å². The molecule has 8 heteroatoms. The molecule has 0 radical (unpaired) electrons. The van der Waals surface area contributed by atoms with Crippen LogP contribution in [-0.4, -0.2) is 32.2 Å². The van der Waals surface area contributed by atoms with Crippen LogP contribution in [0.15, 0.2) is 91.0 Å². The molecule has 1 amide bonds. The van der Waals surface area contributed by atoms with Gasteiger partial charge in [-0.15, -0.1) is 0 Å². The maximum atomic E-state index is 12.7. The first-order chi connectivity index (χ1) is 20.7. The lowest BCUT2D eigenvalue weighted by molar-refractivity contribution is -0.115. The van der Waals surface area contributed by atoms with Gasteiger partial charge in [0.2, 0.25) is 5.91 Å². The highest BCUT2D eigenvalue weighted by molar-refractivity contribution is 5.92. The van der Waals surface area contributed by atoms with Gasteiger partial charge in [-0.25, -0.2) is 14.8 Å². The highest BCUT2D eigenvalue weighted by Crippen LogP contribution is 2.31. The van der Waals surface area contributed by atoms with Crippen LogP contribution in [-0.2, 0) is 28.9 Å². The van der Waals surface area contributed by atoms with E-state index in [1.54, 1.807) is 32.9 Å². The molecule has 0 saturated carbocycles. The van der Waals surface area contributed by atoms with Gasteiger partial charge in [-0.1, -0.05) is 79.7 Å². The number of anilines is 1. The Kier molecular flexibility index (Phi) is 8.85. The van der Waals surface area contributed by atoms with E-state index in [4.69, 9.17) is 19.4 Å². The Bertz CT molecular complexity index is 1720. The van der Waals surface area contributed by atoms with Crippen LogP contribution >= 0.6 is 0 Å². The van der Waals surface area contributed by atoms with E-state index in [0.29, 0.717) is 18.1 Å². The molecular weight excluding hydrogens is 540 g/mol. The highest BCUT2D eigenvalue weighted by atomic mass is 16.7. The van der Waals surface area contributed by atoms with Crippen molar-refractivity contribution in [2.75, 3.05) is 5.32 Å². The number of carbonyl (C=O) groups is 2. The van der Waals surface area contributed by atoms with Crippen LogP contribution in [0.1, 0.15) is 51.1 Å². The number of fused-ring (bicyclic) bond motifs is 1. The van der Waals surface area contributed by atoms with E-state index < -0.39 is 11.8 Å². The summed E-state index contributed by atoms with van der Waals surface area (Å²) >= 11 is 0. The maximum Gasteiger partial charge on any atom is 0.514 e. The van der Waals surface area contributed by atoms with Crippen molar-refractivity contribution >= 4 is 29.0 Å². The summed E-state index contributed by atoms with van der Waals surface area (Å²) in [6.45, 7) is 8.08. The SMILES string of the molecule is CCCc1nc2ccc(NC(=O)Cc3ccccc3)nc2n1Cc1ccc(-c2ccccc2OC(=O)OC(C)(C)C)cc1. The van der Waals surface area contributed by atoms with Crippen LogP contribution in [0.4, 0.5) is 10.6 Å². The zero-order chi connectivity index (χ0) is 30.4. The number of carbonyl (C=O) groups excluding carboxylic acids is 2. The molecule has 3 aromatic carbocycles. The van der Waals surface area contributed by atoms with E-state index >= 15 is 0 Å². The summed E-state index contributed by atoms with van der Waals surface area (Å²) in [6.07, 6.45) is 1.28. The second-order valence-electron chi connectivity index (χ2n) is 11.4. The number of benzene rings is 3. The van der Waals surface area contributed by atoms with Crippen molar-refractivity contribution in [1.29, 1.82) is 0 Å². The number of nitrogens with one attached hydrogen (secondary N) is 1. The summed E-state index contributed by atoms with van der Waals surface area (Å²) < 4.78 is 13.0. The first-order valence-electron chi connectivity index (χ1n) is 14.5. The van der Waals surface area contributed by atoms with Gasteiger partial charge in [0.1, 0.15) is 28.5 Å². The van der Waals surface area contributed by atoms with Gasteiger partial charge in [0.15, 0.2) is 5.65 Å². The minimum Gasteiger partial charge on any atom is -0.428 e. The van der Waals surface area contributed by atoms with Crippen molar-refractivity contribution in [2.45, 2.75) is 59.1 Å². The Morgan fingerprint density at radius 3 is 2.28 bits per heavy atom. The lowest BCUT2D eigenvalue weighted by Crippen LogP contribution is -2.26. The molecule has 0 atom stereocenters. The first-order valence-corrected chi connectivity index (χ1v) is 14.5. The highest BCUT2D eigenvalue weighted by Gasteiger charge is 2.20. The topological polar surface area (TPSA) is 95.3 Å². The minimum atomic E-state index is -0.741. The Morgan fingerprint density at radius 2 is 1.56 bits per heavy atom. The number of amides is 1. The van der Waals surface area contributed by atoms with Crippen LogP contribution in [0.5, 0.6) is 5.75 Å². The normalized spacial score (nSPS) is 11.3. The summed E-state index contributed by atoms with van der Waals surface area (Å²) in [7, 11) is 0. The standard InChI is InChI=1S/C35H36N4O4/c1-5-11-31-36-28-20-21-30(37-32(40)22-24-12-7-6-8-13-24)38-33(28)39(31)23-25-16-18-26(19-17-25)27-14-9-10-15-29(27)42-34(41)43-35(2,3)4/h6-10,12-21H,5,11,22-23H2,1-4H3,(H,37,38,40). The fourth-order valence-electron chi connectivity index (χ4n) is 4.79. The van der Waals surface area contributed by atoms with E-state index in [9.17, 15) is 9.59 Å². The number of nitrogens with zero attached hydrogens (tertiary/aromatic N) is 3. The quantitative estimate of drug-likeness (QED) is 0.143. The third-order valence-corrected chi connectivity index (χ3v) is 6.70. The van der Waals surface area contributed by atoms with Crippen molar-refractivity contribution < 1.29 is 19.1 Å². The average molecular weight is 577 g/mol. The second-order valence-corrected chi connectivity index (χ2v) is 11.4. The molecule has 2 heterocycles. The summed E-state index contributed by atoms with van der Waals surface area (Å²) in [5.41, 5.74) is 4.57. The number of hydrogen-bond donors (Lipinski definition) is 1. The first kappa shape index (κ1) is 29.5. The molecule has 8 nitrogen and oxygen atoms in total. The smallest absolute Gasteiger partial charge is 0.428 e. The number of hydrogen-bond acceptors (Lipinski definition) is 6. The maximum absolute atomic E-state index is 12.7. The molecule has 43 heavy (non-hydrogen) atoms. The monoisotopic (exact) mass is 576 g/mol. The van der Waals surface area contributed by atoms with Gasteiger partial charge < -0.3 is 19.4 Å². The molecule has 1 N–H and O–H groups in total. The van der Waals surface area contributed by atoms with Crippen molar-refractivity contribution in [2.24, 2.45) is 0 Å². The van der Waals surface area contributed by atoms with Crippen molar-refractivity contribution in [3.05, 3.63) is 108 Å². The van der Waals surface area contributed by atoms with E-state index in [-0.39, 0.29) is 12.3 Å². The Balaban J connectivity index is 1.36. The van der Waals surface area contributed by atoms with Gasteiger partial charge in [-0.05, 0) is 62.1 Å². The lowest BCUT2D eigenvalue weighted by Gasteiger charge is -2.19.